The van der Waals surface area contributed by atoms with Gasteiger partial charge in [0, 0.05) is 95.1 Å². The van der Waals surface area contributed by atoms with Crippen LogP contribution in [0.25, 0.3) is 0 Å². The molecule has 0 fully saturated rings. The van der Waals surface area contributed by atoms with Crippen molar-refractivity contribution >= 4 is 22.7 Å². The first kappa shape index (κ1) is 56.3. The molecule has 2 aliphatic heterocycles. The van der Waals surface area contributed by atoms with Crippen molar-refractivity contribution in [2.45, 2.75) is 51.6 Å². The Balaban J connectivity index is 0.000000189. The third-order valence-electron chi connectivity index (χ3n) is 12.3. The maximum atomic E-state index is 10.9. The Hall–Kier alpha value is -7.64. The molecule has 18 nitrogen and oxygen atoms in total. The minimum absolute atomic E-state index is 0.0150. The van der Waals surface area contributed by atoms with Crippen molar-refractivity contribution in [2.24, 2.45) is 0 Å². The standard InChI is InChI=1S/C19H22N2O4.C19H24N2O2.C9H11NO3.C8H9NO3/c1-24-18-11-15-7-9-20(13-16(15)12-19(18)25-2)8-6-14-4-3-5-17(10-14)21(22)23;1-22-18-11-15-7-9-21(13-16(15)12-19(18)23-2)8-6-14-4-3-5-17(20)10-14;1-13-6-5-8-3-2-4-9(7-8)10(11)12;10-5-4-7-2-1-3-8(6-7)9(11)12/h3-5,10-12H,6-9,13H2,1-2H3;3-5,10-12H,6-9,13,20H2,1-2H3;2-4,7H,5-6H2,1H3;1-3,6,10H,4-5H2. The maximum Gasteiger partial charge on any atom is 0.269 e. The number of rotatable bonds is 18. The van der Waals surface area contributed by atoms with Crippen molar-refractivity contribution < 1.29 is 43.6 Å². The van der Waals surface area contributed by atoms with E-state index in [1.807, 2.05) is 30.3 Å². The molecule has 0 saturated carbocycles. The lowest BCUT2D eigenvalue weighted by Crippen LogP contribution is -2.32. The number of fused-ring (bicyclic) bond motifs is 2. The quantitative estimate of drug-likeness (QED) is 0.0465. The van der Waals surface area contributed by atoms with Crippen LogP contribution in [-0.4, -0.2) is 105 Å². The van der Waals surface area contributed by atoms with Crippen LogP contribution >= 0.6 is 0 Å². The Morgan fingerprint density at radius 3 is 1.21 bits per heavy atom. The predicted octanol–water partition coefficient (Wildman–Crippen LogP) is 9.01. The van der Waals surface area contributed by atoms with E-state index in [0.29, 0.717) is 19.4 Å². The van der Waals surface area contributed by atoms with Gasteiger partial charge in [0.2, 0.25) is 0 Å². The molecule has 6 aromatic rings. The molecule has 0 saturated heterocycles. The van der Waals surface area contributed by atoms with Crippen LogP contribution in [-0.2, 0) is 56.4 Å². The number of hydrogen-bond acceptors (Lipinski definition) is 15. The highest BCUT2D eigenvalue weighted by molar-refractivity contribution is 5.49. The lowest BCUT2D eigenvalue weighted by atomic mass is 9.98. The van der Waals surface area contributed by atoms with Crippen LogP contribution in [0, 0.1) is 30.3 Å². The van der Waals surface area contributed by atoms with Crippen LogP contribution in [0.2, 0.25) is 0 Å². The number of ether oxygens (including phenoxy) is 5. The first-order valence-electron chi connectivity index (χ1n) is 23.8. The summed E-state index contributed by atoms with van der Waals surface area (Å²) in [6.07, 6.45) is 5.00. The highest BCUT2D eigenvalue weighted by Gasteiger charge is 2.21. The second-order valence-corrected chi connectivity index (χ2v) is 17.2. The van der Waals surface area contributed by atoms with Crippen LogP contribution in [0.15, 0.2) is 121 Å². The molecule has 0 aliphatic carbocycles. The SMILES string of the molecule is COCCc1cccc([N+](=O)[O-])c1.COc1cc2c(cc1OC)CN(CCc1cccc(N)c1)CC2.COc1cc2c(cc1OC)CN(CCc1cccc([N+](=O)[O-])c1)CC2.O=[N+]([O-])c1cccc(CCO)c1. The molecular weight excluding hydrogens is 937 g/mol. The summed E-state index contributed by atoms with van der Waals surface area (Å²) in [4.78, 5) is 35.3. The molecule has 0 amide bonds. The third-order valence-corrected chi connectivity index (χ3v) is 12.3. The van der Waals surface area contributed by atoms with Gasteiger partial charge < -0.3 is 34.5 Å². The van der Waals surface area contributed by atoms with Crippen LogP contribution in [0.4, 0.5) is 22.7 Å². The van der Waals surface area contributed by atoms with E-state index in [9.17, 15) is 30.3 Å². The Morgan fingerprint density at radius 1 is 0.493 bits per heavy atom. The number of hydrogen-bond donors (Lipinski definition) is 2. The molecule has 0 unspecified atom stereocenters. The normalized spacial score (nSPS) is 12.7. The molecule has 0 bridgehead atoms. The molecular formula is C55H66N6O12. The van der Waals surface area contributed by atoms with Crippen LogP contribution in [0.3, 0.4) is 0 Å². The largest absolute Gasteiger partial charge is 0.493 e. The Morgan fingerprint density at radius 2 is 0.849 bits per heavy atom. The van der Waals surface area contributed by atoms with Gasteiger partial charge in [-0.05, 0) is 119 Å². The van der Waals surface area contributed by atoms with Gasteiger partial charge in [-0.15, -0.1) is 0 Å². The lowest BCUT2D eigenvalue weighted by molar-refractivity contribution is -0.385. The van der Waals surface area contributed by atoms with Crippen molar-refractivity contribution in [3.8, 4) is 23.0 Å². The van der Waals surface area contributed by atoms with Gasteiger partial charge in [-0.3, -0.25) is 40.1 Å². The molecule has 3 N–H and O–H groups in total. The zero-order valence-corrected chi connectivity index (χ0v) is 42.2. The van der Waals surface area contributed by atoms with E-state index in [-0.39, 0.29) is 28.6 Å². The summed E-state index contributed by atoms with van der Waals surface area (Å²) in [5.74, 6) is 3.15. The summed E-state index contributed by atoms with van der Waals surface area (Å²) in [6.45, 7) is 6.36. The molecule has 388 valence electrons. The van der Waals surface area contributed by atoms with Crippen LogP contribution in [0.1, 0.15) is 44.5 Å². The first-order chi connectivity index (χ1) is 35.3. The van der Waals surface area contributed by atoms with Gasteiger partial charge in [0.25, 0.3) is 17.1 Å². The van der Waals surface area contributed by atoms with E-state index >= 15 is 0 Å². The summed E-state index contributed by atoms with van der Waals surface area (Å²) in [5.41, 5.74) is 16.3. The molecule has 18 heteroatoms. The number of nitrogens with two attached hydrogens (primary N) is 1. The van der Waals surface area contributed by atoms with Crippen molar-refractivity contribution in [2.75, 3.05) is 80.7 Å². The number of aliphatic hydroxyl groups excluding tert-OH is 1. The molecule has 0 atom stereocenters. The van der Waals surface area contributed by atoms with Gasteiger partial charge in [-0.2, -0.15) is 0 Å². The summed E-state index contributed by atoms with van der Waals surface area (Å²) < 4.78 is 26.5. The minimum Gasteiger partial charge on any atom is -0.493 e. The predicted molar refractivity (Wildman–Crippen MR) is 281 cm³/mol. The Kier molecular flexibility index (Phi) is 22.4. The van der Waals surface area contributed by atoms with E-state index in [4.69, 9.17) is 34.5 Å². The minimum atomic E-state index is -0.444. The van der Waals surface area contributed by atoms with E-state index in [0.717, 1.165) is 110 Å². The van der Waals surface area contributed by atoms with Crippen molar-refractivity contribution in [3.05, 3.63) is 196 Å². The molecule has 73 heavy (non-hydrogen) atoms. The molecule has 6 aromatic carbocycles. The number of nitro groups is 3. The van der Waals surface area contributed by atoms with Crippen molar-refractivity contribution in [1.82, 2.24) is 9.80 Å². The number of nitrogen functional groups attached to an aromatic ring is 1. The third kappa shape index (κ3) is 17.6. The number of benzene rings is 6. The number of non-ortho nitro benzene ring substituents is 3. The Labute approximate surface area is 426 Å². The lowest BCUT2D eigenvalue weighted by Gasteiger charge is -2.29. The monoisotopic (exact) mass is 1000 g/mol. The number of methoxy groups -OCH3 is 5. The number of nitrogens with zero attached hydrogens (tertiary/aromatic N) is 5. The fraction of sp³-hybridized carbons (Fsp3) is 0.345. The van der Waals surface area contributed by atoms with Crippen LogP contribution < -0.4 is 24.7 Å². The second kappa shape index (κ2) is 29.0. The summed E-state index contributed by atoms with van der Waals surface area (Å²) >= 11 is 0. The average molecular weight is 1000 g/mol. The fourth-order valence-electron chi connectivity index (χ4n) is 8.41. The number of anilines is 1. The highest BCUT2D eigenvalue weighted by atomic mass is 16.6. The second-order valence-electron chi connectivity index (χ2n) is 17.2. The smallest absolute Gasteiger partial charge is 0.269 e. The van der Waals surface area contributed by atoms with Gasteiger partial charge in [0.05, 0.1) is 49.8 Å². The number of aliphatic hydroxyl groups is 1. The first-order valence-corrected chi connectivity index (χ1v) is 23.8. The van der Waals surface area contributed by atoms with E-state index < -0.39 is 9.85 Å². The van der Waals surface area contributed by atoms with E-state index in [1.165, 1.54) is 52.1 Å². The van der Waals surface area contributed by atoms with Crippen LogP contribution in [0.5, 0.6) is 23.0 Å². The number of nitro benzene ring substituents is 3. The molecule has 0 aromatic heterocycles. The fourth-order valence-corrected chi connectivity index (χ4v) is 8.41. The summed E-state index contributed by atoms with van der Waals surface area (Å²) in [5, 5.41) is 40.2. The molecule has 8 rings (SSSR count). The Bertz CT molecular complexity index is 2760. The molecule has 0 spiro atoms. The van der Waals surface area contributed by atoms with Gasteiger partial charge in [-0.1, -0.05) is 48.5 Å². The highest BCUT2D eigenvalue weighted by Crippen LogP contribution is 2.35. The molecule has 2 aliphatic rings. The topological polar surface area (TPSA) is 228 Å². The van der Waals surface area contributed by atoms with Gasteiger partial charge in [-0.25, -0.2) is 0 Å². The van der Waals surface area contributed by atoms with Gasteiger partial charge >= 0.3 is 0 Å². The van der Waals surface area contributed by atoms with E-state index in [2.05, 4.69) is 40.1 Å². The molecule has 0 radical (unpaired) electrons. The maximum absolute atomic E-state index is 10.9. The van der Waals surface area contributed by atoms with Gasteiger partial charge in [0.1, 0.15) is 0 Å². The zero-order valence-electron chi connectivity index (χ0n) is 42.2. The summed E-state index contributed by atoms with van der Waals surface area (Å²) in [7, 11) is 8.28. The van der Waals surface area contributed by atoms with Gasteiger partial charge in [0.15, 0.2) is 23.0 Å². The average Bonchev–Trinajstić information content (AvgIpc) is 3.41. The van der Waals surface area contributed by atoms with E-state index in [1.54, 1.807) is 71.9 Å². The zero-order chi connectivity index (χ0) is 52.7. The van der Waals surface area contributed by atoms with Crippen molar-refractivity contribution in [3.63, 3.8) is 0 Å². The molecule has 2 heterocycles. The summed E-state index contributed by atoms with van der Waals surface area (Å²) in [6, 6.07) is 36.2. The van der Waals surface area contributed by atoms with Crippen molar-refractivity contribution in [1.29, 1.82) is 0 Å².